The Balaban J connectivity index is 1.75. The summed E-state index contributed by atoms with van der Waals surface area (Å²) in [5, 5.41) is 8.76. The molecule has 0 bridgehead atoms. The first-order valence-electron chi connectivity index (χ1n) is 10.8. The fraction of sp³-hybridized carbons (Fsp3) is 0.478. The molecule has 0 radical (unpaired) electrons. The van der Waals surface area contributed by atoms with Crippen molar-refractivity contribution >= 4 is 39.2 Å². The van der Waals surface area contributed by atoms with Gasteiger partial charge in [0, 0.05) is 17.6 Å². The van der Waals surface area contributed by atoms with Gasteiger partial charge in [-0.1, -0.05) is 6.92 Å². The van der Waals surface area contributed by atoms with Gasteiger partial charge in [-0.15, -0.1) is 11.3 Å². The number of fused-ring (bicyclic) bond motifs is 2. The highest BCUT2D eigenvalue weighted by atomic mass is 32.1. The number of esters is 1. The van der Waals surface area contributed by atoms with Gasteiger partial charge in [0.25, 0.3) is 5.91 Å². The predicted molar refractivity (Wildman–Crippen MR) is 122 cm³/mol. The van der Waals surface area contributed by atoms with Crippen LogP contribution in [0, 0.1) is 13.8 Å². The van der Waals surface area contributed by atoms with Crippen molar-refractivity contribution in [1.82, 2.24) is 14.8 Å². The molecule has 0 fully saturated rings. The number of carbonyl (C=O) groups excluding carboxylic acids is 2. The number of hydrogen-bond acceptors (Lipinski definition) is 6. The van der Waals surface area contributed by atoms with Gasteiger partial charge in [-0.25, -0.2) is 9.78 Å². The maximum Gasteiger partial charge on any atom is 0.341 e. The van der Waals surface area contributed by atoms with Gasteiger partial charge in [0.1, 0.15) is 5.00 Å². The Hall–Kier alpha value is -2.74. The SMILES string of the molecule is CC[C@H](C)OC(=O)c1c(NC(=O)c2cc(C)nc3c2c(C)nn3C)sc2c1CCCC2. The number of carbonyl (C=O) groups is 2. The second-order valence-corrected chi connectivity index (χ2v) is 9.32. The van der Waals surface area contributed by atoms with E-state index in [0.717, 1.165) is 54.4 Å². The second kappa shape index (κ2) is 8.42. The van der Waals surface area contributed by atoms with Crippen LogP contribution in [0.1, 0.15) is 75.7 Å². The molecule has 0 spiro atoms. The molecular weight excluding hydrogens is 412 g/mol. The third-order valence-corrected chi connectivity index (χ3v) is 7.03. The Labute approximate surface area is 185 Å². The largest absolute Gasteiger partial charge is 0.459 e. The first-order valence-corrected chi connectivity index (χ1v) is 11.6. The van der Waals surface area contributed by atoms with Crippen molar-refractivity contribution in [3.63, 3.8) is 0 Å². The molecule has 3 aromatic rings. The Morgan fingerprint density at radius 3 is 2.77 bits per heavy atom. The van der Waals surface area contributed by atoms with Gasteiger partial charge < -0.3 is 10.1 Å². The minimum atomic E-state index is -0.349. The highest BCUT2D eigenvalue weighted by molar-refractivity contribution is 7.17. The van der Waals surface area contributed by atoms with Crippen LogP contribution in [0.2, 0.25) is 0 Å². The first kappa shape index (κ1) is 21.5. The lowest BCUT2D eigenvalue weighted by atomic mass is 9.95. The van der Waals surface area contributed by atoms with Gasteiger partial charge in [-0.3, -0.25) is 9.48 Å². The average molecular weight is 441 g/mol. The number of aromatic nitrogens is 3. The molecule has 4 rings (SSSR count). The van der Waals surface area contributed by atoms with Crippen molar-refractivity contribution in [2.45, 2.75) is 65.9 Å². The smallest absolute Gasteiger partial charge is 0.341 e. The number of nitrogens with one attached hydrogen (secondary N) is 1. The maximum atomic E-state index is 13.4. The topological polar surface area (TPSA) is 86.1 Å². The lowest BCUT2D eigenvalue weighted by Crippen LogP contribution is -2.19. The summed E-state index contributed by atoms with van der Waals surface area (Å²) >= 11 is 1.50. The van der Waals surface area contributed by atoms with Crippen molar-refractivity contribution in [3.05, 3.63) is 39.0 Å². The third-order valence-electron chi connectivity index (χ3n) is 5.83. The van der Waals surface area contributed by atoms with Crippen LogP contribution >= 0.6 is 11.3 Å². The molecule has 0 unspecified atom stereocenters. The summed E-state index contributed by atoms with van der Waals surface area (Å²) in [6.45, 7) is 7.60. The van der Waals surface area contributed by atoms with Crippen LogP contribution in [0.3, 0.4) is 0 Å². The van der Waals surface area contributed by atoms with Gasteiger partial charge in [-0.2, -0.15) is 5.10 Å². The molecule has 1 amide bonds. The number of hydrogen-bond donors (Lipinski definition) is 1. The lowest BCUT2D eigenvalue weighted by molar-refractivity contribution is 0.0335. The molecule has 0 aromatic carbocycles. The normalized spacial score (nSPS) is 14.4. The molecular formula is C23H28N4O3S. The molecule has 7 nitrogen and oxygen atoms in total. The van der Waals surface area contributed by atoms with Crippen LogP contribution in [0.5, 0.6) is 0 Å². The minimum absolute atomic E-state index is 0.171. The summed E-state index contributed by atoms with van der Waals surface area (Å²) < 4.78 is 7.33. The van der Waals surface area contributed by atoms with E-state index in [1.54, 1.807) is 10.7 Å². The third kappa shape index (κ3) is 3.96. The van der Waals surface area contributed by atoms with Gasteiger partial charge in [0.05, 0.1) is 28.3 Å². The van der Waals surface area contributed by atoms with Gasteiger partial charge in [0.15, 0.2) is 5.65 Å². The van der Waals surface area contributed by atoms with E-state index in [9.17, 15) is 9.59 Å². The number of nitrogens with zero attached hydrogens (tertiary/aromatic N) is 3. The van der Waals surface area contributed by atoms with Crippen molar-refractivity contribution in [1.29, 1.82) is 0 Å². The highest BCUT2D eigenvalue weighted by Gasteiger charge is 2.29. The molecule has 0 saturated carbocycles. The molecule has 3 heterocycles. The van der Waals surface area contributed by atoms with E-state index in [0.29, 0.717) is 21.8 Å². The Bertz CT molecular complexity index is 1180. The van der Waals surface area contributed by atoms with Crippen LogP contribution in [-0.4, -0.2) is 32.7 Å². The zero-order valence-electron chi connectivity index (χ0n) is 18.7. The molecule has 8 heteroatoms. The van der Waals surface area contributed by atoms with Crippen molar-refractivity contribution in [3.8, 4) is 0 Å². The molecule has 31 heavy (non-hydrogen) atoms. The number of pyridine rings is 1. The van der Waals surface area contributed by atoms with E-state index in [2.05, 4.69) is 15.4 Å². The van der Waals surface area contributed by atoms with E-state index < -0.39 is 0 Å². The van der Waals surface area contributed by atoms with Crippen molar-refractivity contribution in [2.75, 3.05) is 5.32 Å². The minimum Gasteiger partial charge on any atom is -0.459 e. The summed E-state index contributed by atoms with van der Waals surface area (Å²) in [5.74, 6) is -0.611. The fourth-order valence-electron chi connectivity index (χ4n) is 4.11. The zero-order chi connectivity index (χ0) is 22.3. The molecule has 0 saturated heterocycles. The molecule has 1 atom stereocenters. The molecule has 1 aliphatic carbocycles. The number of ether oxygens (including phenoxy) is 1. The lowest BCUT2D eigenvalue weighted by Gasteiger charge is -2.15. The first-order chi connectivity index (χ1) is 14.8. The van der Waals surface area contributed by atoms with Crippen LogP contribution in [0.15, 0.2) is 6.07 Å². The maximum absolute atomic E-state index is 13.4. The van der Waals surface area contributed by atoms with Crippen LogP contribution in [0.4, 0.5) is 5.00 Å². The number of anilines is 1. The Morgan fingerprint density at radius 2 is 2.03 bits per heavy atom. The monoisotopic (exact) mass is 440 g/mol. The molecule has 1 N–H and O–H groups in total. The molecule has 1 aliphatic rings. The average Bonchev–Trinajstić information content (AvgIpc) is 3.23. The zero-order valence-corrected chi connectivity index (χ0v) is 19.5. The van der Waals surface area contributed by atoms with E-state index in [1.807, 2.05) is 34.7 Å². The summed E-state index contributed by atoms with van der Waals surface area (Å²) in [7, 11) is 1.82. The van der Waals surface area contributed by atoms with Gasteiger partial charge >= 0.3 is 5.97 Å². The Morgan fingerprint density at radius 1 is 1.29 bits per heavy atom. The quantitative estimate of drug-likeness (QED) is 0.580. The van der Waals surface area contributed by atoms with Crippen LogP contribution in [-0.2, 0) is 24.6 Å². The fourth-order valence-corrected chi connectivity index (χ4v) is 5.39. The standard InChI is InChI=1S/C23H28N4O3S/c1-6-13(3)30-23(29)19-15-9-7-8-10-17(15)31-22(19)25-21(28)16-11-12(2)24-20-18(16)14(4)26-27(20)5/h11,13H,6-10H2,1-5H3,(H,25,28)/t13-/m0/s1. The number of thiophene rings is 1. The Kier molecular flexibility index (Phi) is 5.83. The molecule has 0 aliphatic heterocycles. The van der Waals surface area contributed by atoms with E-state index in [1.165, 1.54) is 16.2 Å². The van der Waals surface area contributed by atoms with E-state index in [-0.39, 0.29) is 18.0 Å². The van der Waals surface area contributed by atoms with E-state index >= 15 is 0 Å². The molecule has 3 aromatic heterocycles. The summed E-state index contributed by atoms with van der Waals surface area (Å²) in [6, 6.07) is 1.77. The van der Waals surface area contributed by atoms with Gasteiger partial charge in [-0.05, 0) is 64.5 Å². The molecule has 164 valence electrons. The highest BCUT2D eigenvalue weighted by Crippen LogP contribution is 2.39. The van der Waals surface area contributed by atoms with Crippen molar-refractivity contribution < 1.29 is 14.3 Å². The summed E-state index contributed by atoms with van der Waals surface area (Å²) in [6.07, 6.45) is 4.48. The van der Waals surface area contributed by atoms with Gasteiger partial charge in [0.2, 0.25) is 0 Å². The summed E-state index contributed by atoms with van der Waals surface area (Å²) in [5.41, 5.74) is 4.23. The number of aryl methyl sites for hydroxylation is 4. The summed E-state index contributed by atoms with van der Waals surface area (Å²) in [4.78, 5) is 32.1. The van der Waals surface area contributed by atoms with Crippen LogP contribution < -0.4 is 5.32 Å². The van der Waals surface area contributed by atoms with E-state index in [4.69, 9.17) is 4.74 Å². The predicted octanol–water partition coefficient (Wildman–Crippen LogP) is 4.73. The number of rotatable bonds is 5. The number of amides is 1. The van der Waals surface area contributed by atoms with Crippen molar-refractivity contribution in [2.24, 2.45) is 7.05 Å². The second-order valence-electron chi connectivity index (χ2n) is 8.21. The van der Waals surface area contributed by atoms with Crippen LogP contribution in [0.25, 0.3) is 11.0 Å².